The van der Waals surface area contributed by atoms with Gasteiger partial charge in [0.1, 0.15) is 0 Å². The summed E-state index contributed by atoms with van der Waals surface area (Å²) in [5.74, 6) is 1.21. The Morgan fingerprint density at radius 3 is 2.43 bits per heavy atom. The van der Waals surface area contributed by atoms with Crippen molar-refractivity contribution < 1.29 is 0 Å². The first-order valence-electron chi connectivity index (χ1n) is 12.0. The van der Waals surface area contributed by atoms with Gasteiger partial charge in [-0.25, -0.2) is 0 Å². The number of hydrogen-bond acceptors (Lipinski definition) is 2. The van der Waals surface area contributed by atoms with Gasteiger partial charge in [-0.1, -0.05) is 62.0 Å². The molecule has 6 rings (SSSR count). The highest BCUT2D eigenvalue weighted by molar-refractivity contribution is 5.46. The lowest BCUT2D eigenvalue weighted by Gasteiger charge is -2.54. The van der Waals surface area contributed by atoms with E-state index in [0.717, 1.165) is 18.8 Å². The van der Waals surface area contributed by atoms with E-state index in [1.807, 2.05) is 5.57 Å². The number of nitrogens with two attached hydrogens (primary N) is 2. The van der Waals surface area contributed by atoms with Crippen LogP contribution in [0.2, 0.25) is 0 Å². The molecular formula is C26H42N2. The molecule has 1 spiro atoms. The van der Waals surface area contributed by atoms with Crippen LogP contribution in [-0.2, 0) is 0 Å². The van der Waals surface area contributed by atoms with Crippen LogP contribution in [0, 0.1) is 17.3 Å². The molecule has 6 aliphatic carbocycles. The molecule has 2 nitrogen and oxygen atoms in total. The maximum absolute atomic E-state index is 6.92. The highest BCUT2D eigenvalue weighted by Gasteiger charge is 2.54. The third kappa shape index (κ3) is 3.25. The van der Waals surface area contributed by atoms with Gasteiger partial charge in [0.2, 0.25) is 0 Å². The van der Waals surface area contributed by atoms with Crippen molar-refractivity contribution in [1.82, 2.24) is 0 Å². The van der Waals surface area contributed by atoms with Crippen molar-refractivity contribution in [2.24, 2.45) is 28.7 Å². The Bertz CT molecular complexity index is 685. The molecule has 2 heteroatoms. The van der Waals surface area contributed by atoms with Gasteiger partial charge in [-0.2, -0.15) is 0 Å². The molecule has 0 saturated heterocycles. The summed E-state index contributed by atoms with van der Waals surface area (Å²) in [6.45, 7) is 6.73. The Kier molecular flexibility index (Phi) is 5.42. The summed E-state index contributed by atoms with van der Waals surface area (Å²) in [6.07, 6.45) is 22.7. The second kappa shape index (κ2) is 7.43. The van der Waals surface area contributed by atoms with Crippen molar-refractivity contribution in [2.75, 3.05) is 0 Å². The Morgan fingerprint density at radius 1 is 0.929 bits per heavy atom. The molecule has 0 aromatic rings. The second-order valence-electron chi connectivity index (χ2n) is 10.9. The van der Waals surface area contributed by atoms with Gasteiger partial charge in [0.15, 0.2) is 0 Å². The van der Waals surface area contributed by atoms with E-state index in [2.05, 4.69) is 39.0 Å². The summed E-state index contributed by atoms with van der Waals surface area (Å²) in [4.78, 5) is 0. The largest absolute Gasteiger partial charge is 0.324 e. The SMILES string of the molecule is CC1CCCCCC2=C3CC(/C(=C\C=C2)CCC(C)(N)C1(C)N)C31CCCC1. The average molecular weight is 383 g/mol. The molecule has 6 aliphatic rings. The second-order valence-corrected chi connectivity index (χ2v) is 10.9. The lowest BCUT2D eigenvalue weighted by Crippen LogP contribution is -2.65. The van der Waals surface area contributed by atoms with Crippen LogP contribution in [-0.4, -0.2) is 11.1 Å². The summed E-state index contributed by atoms with van der Waals surface area (Å²) < 4.78 is 0. The van der Waals surface area contributed by atoms with Gasteiger partial charge < -0.3 is 11.5 Å². The highest BCUT2D eigenvalue weighted by atomic mass is 14.9. The normalized spacial score (nSPS) is 43.1. The topological polar surface area (TPSA) is 52.0 Å². The van der Waals surface area contributed by atoms with Crippen LogP contribution >= 0.6 is 0 Å². The van der Waals surface area contributed by atoms with E-state index in [9.17, 15) is 0 Å². The summed E-state index contributed by atoms with van der Waals surface area (Å²) in [7, 11) is 0. The van der Waals surface area contributed by atoms with Gasteiger partial charge in [0.25, 0.3) is 0 Å². The van der Waals surface area contributed by atoms with E-state index in [0.29, 0.717) is 11.3 Å². The monoisotopic (exact) mass is 382 g/mol. The van der Waals surface area contributed by atoms with Crippen LogP contribution in [0.25, 0.3) is 0 Å². The minimum Gasteiger partial charge on any atom is -0.324 e. The van der Waals surface area contributed by atoms with E-state index in [1.54, 1.807) is 11.1 Å². The predicted octanol–water partition coefficient (Wildman–Crippen LogP) is 6.17. The van der Waals surface area contributed by atoms with Crippen LogP contribution in [0.1, 0.15) is 97.8 Å². The Hall–Kier alpha value is -0.860. The molecule has 2 saturated carbocycles. The molecule has 0 amide bonds. The van der Waals surface area contributed by atoms with E-state index >= 15 is 0 Å². The van der Waals surface area contributed by atoms with Gasteiger partial charge >= 0.3 is 0 Å². The summed E-state index contributed by atoms with van der Waals surface area (Å²) >= 11 is 0. The molecule has 4 atom stereocenters. The van der Waals surface area contributed by atoms with E-state index in [-0.39, 0.29) is 11.1 Å². The molecule has 156 valence electrons. The zero-order valence-corrected chi connectivity index (χ0v) is 18.5. The quantitative estimate of drug-likeness (QED) is 0.526. The zero-order valence-electron chi connectivity index (χ0n) is 18.5. The van der Waals surface area contributed by atoms with Gasteiger partial charge in [-0.3, -0.25) is 0 Å². The van der Waals surface area contributed by atoms with Gasteiger partial charge in [-0.05, 0) is 88.0 Å². The summed E-state index contributed by atoms with van der Waals surface area (Å²) in [6, 6.07) is 0. The molecule has 0 aromatic carbocycles. The maximum atomic E-state index is 6.92. The Morgan fingerprint density at radius 2 is 1.68 bits per heavy atom. The standard InChI is InChI=1S/C26H42N2/c1-19-10-5-4-6-11-20-12-9-13-21(14-17-24(2,27)25(19,3)28)23-18-22(20)26(23)15-7-8-16-26/h9,12-13,19,23H,4-8,10-11,14-18,27-28H2,1-3H3/b12-9?,21-13-,22-20?. The van der Waals surface area contributed by atoms with Crippen LogP contribution in [0.4, 0.5) is 0 Å². The van der Waals surface area contributed by atoms with E-state index < -0.39 is 0 Å². The highest BCUT2D eigenvalue weighted by Crippen LogP contribution is 2.65. The van der Waals surface area contributed by atoms with Gasteiger partial charge in [0, 0.05) is 11.1 Å². The molecule has 28 heavy (non-hydrogen) atoms. The van der Waals surface area contributed by atoms with Crippen LogP contribution in [0.5, 0.6) is 0 Å². The van der Waals surface area contributed by atoms with Crippen molar-refractivity contribution in [2.45, 2.75) is 109 Å². The molecule has 2 fully saturated rings. The Balaban J connectivity index is 1.68. The third-order valence-electron chi connectivity index (χ3n) is 9.39. The molecule has 0 radical (unpaired) electrons. The lowest BCUT2D eigenvalue weighted by molar-refractivity contribution is 0.139. The fourth-order valence-electron chi connectivity index (χ4n) is 6.75. The first-order chi connectivity index (χ1) is 13.3. The molecule has 0 aromatic heterocycles. The molecule has 0 heterocycles. The molecule has 4 bridgehead atoms. The van der Waals surface area contributed by atoms with Crippen molar-refractivity contribution in [3.05, 3.63) is 34.9 Å². The molecule has 4 N–H and O–H groups in total. The zero-order chi connectivity index (χ0) is 20.0. The smallest absolute Gasteiger partial charge is 0.0331 e. The van der Waals surface area contributed by atoms with Gasteiger partial charge in [-0.15, -0.1) is 0 Å². The number of fused-ring (bicyclic) bond motifs is 1. The predicted molar refractivity (Wildman–Crippen MR) is 120 cm³/mol. The molecule has 0 aliphatic heterocycles. The number of hydrogen-bond donors (Lipinski definition) is 2. The summed E-state index contributed by atoms with van der Waals surface area (Å²) in [5, 5.41) is 0. The van der Waals surface area contributed by atoms with Gasteiger partial charge in [0.05, 0.1) is 0 Å². The van der Waals surface area contributed by atoms with Crippen LogP contribution in [0.15, 0.2) is 34.9 Å². The van der Waals surface area contributed by atoms with E-state index in [1.165, 1.54) is 64.2 Å². The van der Waals surface area contributed by atoms with E-state index in [4.69, 9.17) is 11.5 Å². The van der Waals surface area contributed by atoms with Crippen LogP contribution < -0.4 is 11.5 Å². The fourth-order valence-corrected chi connectivity index (χ4v) is 6.75. The maximum Gasteiger partial charge on any atom is 0.0331 e. The fraction of sp³-hybridized carbons (Fsp3) is 0.769. The molecular weight excluding hydrogens is 340 g/mol. The van der Waals surface area contributed by atoms with Crippen LogP contribution in [0.3, 0.4) is 0 Å². The first kappa shape index (κ1) is 20.4. The first-order valence-corrected chi connectivity index (χ1v) is 12.0. The number of allylic oxidation sites excluding steroid dienone is 6. The lowest BCUT2D eigenvalue weighted by atomic mass is 9.51. The average Bonchev–Trinajstić information content (AvgIpc) is 3.13. The minimum atomic E-state index is -0.337. The van der Waals surface area contributed by atoms with Crippen molar-refractivity contribution in [1.29, 1.82) is 0 Å². The number of rotatable bonds is 0. The van der Waals surface area contributed by atoms with Crippen molar-refractivity contribution >= 4 is 0 Å². The summed E-state index contributed by atoms with van der Waals surface area (Å²) in [5.41, 5.74) is 18.8. The molecule has 4 unspecified atom stereocenters. The van der Waals surface area contributed by atoms with Crippen molar-refractivity contribution in [3.63, 3.8) is 0 Å². The van der Waals surface area contributed by atoms with Crippen molar-refractivity contribution in [3.8, 4) is 0 Å². The Labute approximate surface area is 172 Å². The minimum absolute atomic E-state index is 0.326. The third-order valence-corrected chi connectivity index (χ3v) is 9.39.